The van der Waals surface area contributed by atoms with Gasteiger partial charge in [-0.2, -0.15) is 0 Å². The molecule has 0 amide bonds. The van der Waals surface area contributed by atoms with E-state index in [-0.39, 0.29) is 0 Å². The van der Waals surface area contributed by atoms with Gasteiger partial charge >= 0.3 is 0 Å². The maximum atomic E-state index is 4.13. The summed E-state index contributed by atoms with van der Waals surface area (Å²) in [6.07, 6.45) is 10.7. The maximum Gasteiger partial charge on any atom is -0.0184 e. The summed E-state index contributed by atoms with van der Waals surface area (Å²) in [5, 5.41) is 0. The Kier molecular flexibility index (Phi) is 16.6. The van der Waals surface area contributed by atoms with Crippen molar-refractivity contribution in [2.45, 2.75) is 47.5 Å². The highest BCUT2D eigenvalue weighted by atomic mass is 14.1. The van der Waals surface area contributed by atoms with Crippen LogP contribution >= 0.6 is 0 Å². The summed E-state index contributed by atoms with van der Waals surface area (Å²) < 4.78 is 0. The minimum atomic E-state index is 1.13. The molecule has 0 heteroatoms. The van der Waals surface area contributed by atoms with E-state index in [1.165, 1.54) is 11.1 Å². The van der Waals surface area contributed by atoms with Gasteiger partial charge in [-0.05, 0) is 36.5 Å². The molecule has 0 atom stereocenters. The molecule has 1 aliphatic carbocycles. The molecule has 0 N–H and O–H groups in total. The Bertz CT molecular complexity index is 419. The summed E-state index contributed by atoms with van der Waals surface area (Å²) in [7, 11) is 0. The Morgan fingerprint density at radius 2 is 1.52 bits per heavy atom. The smallest absolute Gasteiger partial charge is 0.0184 e. The molecule has 0 saturated carbocycles. The van der Waals surface area contributed by atoms with E-state index in [2.05, 4.69) is 43.5 Å². The molecular formula is C21H32. The van der Waals surface area contributed by atoms with Gasteiger partial charge in [0.05, 0.1) is 0 Å². The van der Waals surface area contributed by atoms with Crippen LogP contribution in [0.3, 0.4) is 0 Å². The van der Waals surface area contributed by atoms with Crippen LogP contribution in [0.2, 0.25) is 0 Å². The largest absolute Gasteiger partial charge is 0.103 e. The molecular weight excluding hydrogens is 252 g/mol. The van der Waals surface area contributed by atoms with Gasteiger partial charge in [-0.25, -0.2) is 0 Å². The van der Waals surface area contributed by atoms with Crippen molar-refractivity contribution in [3.8, 4) is 0 Å². The molecule has 116 valence electrons. The second-order valence-corrected chi connectivity index (χ2v) is 3.89. The number of hydrogen-bond acceptors (Lipinski definition) is 0. The second-order valence-electron chi connectivity index (χ2n) is 3.89. The fraction of sp³-hybridized carbons (Fsp3) is 0.333. The number of benzene rings is 1. The molecule has 0 saturated heterocycles. The molecule has 0 spiro atoms. The van der Waals surface area contributed by atoms with Crippen molar-refractivity contribution in [1.29, 1.82) is 0 Å². The predicted octanol–water partition coefficient (Wildman–Crippen LogP) is 7.22. The van der Waals surface area contributed by atoms with Crippen molar-refractivity contribution in [3.63, 3.8) is 0 Å². The predicted molar refractivity (Wildman–Crippen MR) is 101 cm³/mol. The second kappa shape index (κ2) is 16.2. The van der Waals surface area contributed by atoms with Crippen LogP contribution in [-0.2, 0) is 0 Å². The van der Waals surface area contributed by atoms with Crippen molar-refractivity contribution in [2.75, 3.05) is 0 Å². The summed E-state index contributed by atoms with van der Waals surface area (Å²) in [5.74, 6) is 0. The highest BCUT2D eigenvalue weighted by Crippen LogP contribution is 2.24. The average molecular weight is 284 g/mol. The minimum Gasteiger partial charge on any atom is -0.103 e. The monoisotopic (exact) mass is 284 g/mol. The summed E-state index contributed by atoms with van der Waals surface area (Å²) in [4.78, 5) is 0. The van der Waals surface area contributed by atoms with Gasteiger partial charge < -0.3 is 0 Å². The SMILES string of the molecule is C=C(C1=CCCC=C1)c1ccccc1.C=CC.CC.CC. The Balaban J connectivity index is 0. The fourth-order valence-electron chi connectivity index (χ4n) is 1.64. The lowest BCUT2D eigenvalue weighted by Gasteiger charge is -2.10. The van der Waals surface area contributed by atoms with Crippen LogP contribution in [0.4, 0.5) is 0 Å². The fourth-order valence-corrected chi connectivity index (χ4v) is 1.64. The Hall–Kier alpha value is -1.82. The highest BCUT2D eigenvalue weighted by molar-refractivity contribution is 5.80. The topological polar surface area (TPSA) is 0 Å². The normalized spacial score (nSPS) is 11.2. The van der Waals surface area contributed by atoms with E-state index in [1.807, 2.05) is 52.8 Å². The third-order valence-electron chi connectivity index (χ3n) is 2.47. The summed E-state index contributed by atoms with van der Waals surface area (Å²) in [5.41, 5.74) is 3.61. The molecule has 0 fully saturated rings. The lowest BCUT2D eigenvalue weighted by Crippen LogP contribution is -1.89. The molecule has 21 heavy (non-hydrogen) atoms. The van der Waals surface area contributed by atoms with E-state index in [0.717, 1.165) is 18.4 Å². The van der Waals surface area contributed by atoms with Crippen molar-refractivity contribution < 1.29 is 0 Å². The molecule has 1 aromatic carbocycles. The molecule has 0 bridgehead atoms. The molecule has 0 unspecified atom stereocenters. The van der Waals surface area contributed by atoms with Gasteiger partial charge in [-0.1, -0.05) is 88.9 Å². The first-order valence-electron chi connectivity index (χ1n) is 7.98. The first-order chi connectivity index (χ1) is 10.3. The lowest BCUT2D eigenvalue weighted by molar-refractivity contribution is 1.03. The van der Waals surface area contributed by atoms with Gasteiger partial charge in [-0.15, -0.1) is 6.58 Å². The standard InChI is InChI=1S/C14H14.C3H6.2C2H6/c1-12(13-8-4-2-5-9-13)14-10-6-3-7-11-14;1-3-2;2*1-2/h2,4-6,8-11H,1,3,7H2;3H,1H2,2H3;2*1-2H3. The van der Waals surface area contributed by atoms with Gasteiger partial charge in [0.15, 0.2) is 0 Å². The van der Waals surface area contributed by atoms with Gasteiger partial charge in [0, 0.05) is 0 Å². The van der Waals surface area contributed by atoms with Crippen LogP contribution in [-0.4, -0.2) is 0 Å². The first-order valence-corrected chi connectivity index (χ1v) is 7.98. The number of hydrogen-bond donors (Lipinski definition) is 0. The maximum absolute atomic E-state index is 4.13. The minimum absolute atomic E-state index is 1.13. The molecule has 1 aliphatic rings. The third-order valence-corrected chi connectivity index (χ3v) is 2.47. The van der Waals surface area contributed by atoms with Crippen molar-refractivity contribution in [2.24, 2.45) is 0 Å². The molecule has 0 nitrogen and oxygen atoms in total. The van der Waals surface area contributed by atoms with Gasteiger partial charge in [-0.3, -0.25) is 0 Å². The Morgan fingerprint density at radius 1 is 1.00 bits per heavy atom. The summed E-state index contributed by atoms with van der Waals surface area (Å²) in [6.45, 7) is 17.4. The summed E-state index contributed by atoms with van der Waals surface area (Å²) >= 11 is 0. The Labute approximate surface area is 132 Å². The average Bonchev–Trinajstić information content (AvgIpc) is 2.60. The zero-order valence-corrected chi connectivity index (χ0v) is 14.5. The van der Waals surface area contributed by atoms with Gasteiger partial charge in [0.1, 0.15) is 0 Å². The lowest BCUT2D eigenvalue weighted by atomic mass is 9.95. The highest BCUT2D eigenvalue weighted by Gasteiger charge is 2.03. The van der Waals surface area contributed by atoms with Crippen LogP contribution in [0.15, 0.2) is 73.4 Å². The number of allylic oxidation sites excluding steroid dienone is 6. The van der Waals surface area contributed by atoms with Crippen LogP contribution < -0.4 is 0 Å². The molecule has 0 radical (unpaired) electrons. The van der Waals surface area contributed by atoms with E-state index in [1.54, 1.807) is 6.08 Å². The zero-order chi connectivity index (χ0) is 16.5. The van der Waals surface area contributed by atoms with E-state index >= 15 is 0 Å². The van der Waals surface area contributed by atoms with E-state index in [0.29, 0.717) is 0 Å². The van der Waals surface area contributed by atoms with Crippen LogP contribution in [0.5, 0.6) is 0 Å². The van der Waals surface area contributed by atoms with Crippen molar-refractivity contribution >= 4 is 5.57 Å². The molecule has 0 heterocycles. The van der Waals surface area contributed by atoms with Crippen LogP contribution in [0.1, 0.15) is 53.0 Å². The first kappa shape index (κ1) is 21.5. The van der Waals surface area contributed by atoms with E-state index in [4.69, 9.17) is 0 Å². The molecule has 0 aliphatic heterocycles. The molecule has 0 aromatic heterocycles. The van der Waals surface area contributed by atoms with Gasteiger partial charge in [0.25, 0.3) is 0 Å². The van der Waals surface area contributed by atoms with Crippen molar-refractivity contribution in [1.82, 2.24) is 0 Å². The van der Waals surface area contributed by atoms with E-state index < -0.39 is 0 Å². The Morgan fingerprint density at radius 3 is 1.95 bits per heavy atom. The number of rotatable bonds is 2. The van der Waals surface area contributed by atoms with E-state index in [9.17, 15) is 0 Å². The zero-order valence-electron chi connectivity index (χ0n) is 14.5. The molecule has 2 rings (SSSR count). The van der Waals surface area contributed by atoms with Gasteiger partial charge in [0.2, 0.25) is 0 Å². The van der Waals surface area contributed by atoms with Crippen molar-refractivity contribution in [3.05, 3.63) is 78.9 Å². The summed E-state index contributed by atoms with van der Waals surface area (Å²) in [6, 6.07) is 10.3. The van der Waals surface area contributed by atoms with Crippen LogP contribution in [0.25, 0.3) is 5.57 Å². The molecule has 1 aromatic rings. The quantitative estimate of drug-likeness (QED) is 0.503. The third kappa shape index (κ3) is 9.67. The van der Waals surface area contributed by atoms with Crippen LogP contribution in [0, 0.1) is 0 Å².